The second-order valence-corrected chi connectivity index (χ2v) is 6.37. The van der Waals surface area contributed by atoms with Crippen LogP contribution in [0.4, 0.5) is 13.2 Å². The third-order valence-corrected chi connectivity index (χ3v) is 4.35. The van der Waals surface area contributed by atoms with Crippen LogP contribution in [0.3, 0.4) is 0 Å². The van der Waals surface area contributed by atoms with Crippen LogP contribution in [0.15, 0.2) is 0 Å². The van der Waals surface area contributed by atoms with Gasteiger partial charge >= 0.3 is 6.18 Å². The summed E-state index contributed by atoms with van der Waals surface area (Å²) < 4.78 is 61.3. The highest BCUT2D eigenvalue weighted by molar-refractivity contribution is 7.89. The van der Waals surface area contributed by atoms with E-state index in [9.17, 15) is 21.6 Å². The van der Waals surface area contributed by atoms with Crippen molar-refractivity contribution in [2.45, 2.75) is 51.2 Å². The van der Waals surface area contributed by atoms with Crippen LogP contribution in [0.25, 0.3) is 0 Å². The van der Waals surface area contributed by atoms with E-state index in [1.807, 2.05) is 0 Å². The van der Waals surface area contributed by atoms with E-state index in [1.54, 1.807) is 13.8 Å². The molecule has 0 bridgehead atoms. The number of aliphatic hydroxyl groups excluding tert-OH is 1. The van der Waals surface area contributed by atoms with Crippen molar-refractivity contribution < 1.29 is 26.7 Å². The van der Waals surface area contributed by atoms with E-state index in [-0.39, 0.29) is 13.0 Å². The summed E-state index contributed by atoms with van der Waals surface area (Å²) in [5, 5.41) is 8.83. The van der Waals surface area contributed by atoms with Crippen LogP contribution in [0.2, 0.25) is 0 Å². The molecule has 0 aliphatic carbocycles. The Balaban J connectivity index is 4.38. The highest BCUT2D eigenvalue weighted by Gasteiger charge is 2.30. The fourth-order valence-electron chi connectivity index (χ4n) is 1.44. The summed E-state index contributed by atoms with van der Waals surface area (Å²) in [6.07, 6.45) is -5.24. The highest BCUT2D eigenvalue weighted by Crippen LogP contribution is 2.22. The largest absolute Gasteiger partial charge is 0.396 e. The lowest BCUT2D eigenvalue weighted by molar-refractivity contribution is -0.134. The molecule has 0 rings (SSSR count). The number of rotatable bonds is 8. The van der Waals surface area contributed by atoms with Gasteiger partial charge in [-0.2, -0.15) is 13.2 Å². The number of hydrogen-bond donors (Lipinski definition) is 2. The van der Waals surface area contributed by atoms with Crippen molar-refractivity contribution in [3.8, 4) is 0 Å². The molecule has 0 amide bonds. The lowest BCUT2D eigenvalue weighted by Gasteiger charge is -2.28. The number of halogens is 3. The number of nitrogens with one attached hydrogen (secondary N) is 1. The molecule has 0 aromatic rings. The predicted octanol–water partition coefficient (Wildman–Crippen LogP) is 1.80. The Hall–Kier alpha value is -0.340. The van der Waals surface area contributed by atoms with E-state index < -0.39 is 40.3 Å². The van der Waals surface area contributed by atoms with Gasteiger partial charge in [0, 0.05) is 18.6 Å². The monoisotopic (exact) mass is 291 g/mol. The van der Waals surface area contributed by atoms with Gasteiger partial charge in [-0.25, -0.2) is 13.1 Å². The minimum Gasteiger partial charge on any atom is -0.396 e. The maximum Gasteiger partial charge on any atom is 0.389 e. The molecule has 0 aliphatic rings. The van der Waals surface area contributed by atoms with Crippen molar-refractivity contribution in [2.75, 3.05) is 12.4 Å². The summed E-state index contributed by atoms with van der Waals surface area (Å²) in [5.41, 5.74) is -0.814. The van der Waals surface area contributed by atoms with Gasteiger partial charge in [-0.05, 0) is 26.2 Å². The van der Waals surface area contributed by atoms with Crippen molar-refractivity contribution in [2.24, 2.45) is 0 Å². The normalized spacial score (nSPS) is 16.6. The maximum absolute atomic E-state index is 11.9. The Morgan fingerprint density at radius 2 is 1.78 bits per heavy atom. The summed E-state index contributed by atoms with van der Waals surface area (Å²) >= 11 is 0. The van der Waals surface area contributed by atoms with E-state index in [0.717, 1.165) is 0 Å². The molecule has 110 valence electrons. The molecular formula is C10H20F3NO3S. The van der Waals surface area contributed by atoms with Gasteiger partial charge in [0.05, 0.1) is 5.75 Å². The third kappa shape index (κ3) is 7.88. The Labute approximate surface area is 106 Å². The van der Waals surface area contributed by atoms with Crippen LogP contribution in [-0.4, -0.2) is 37.6 Å². The Morgan fingerprint density at radius 1 is 1.22 bits per heavy atom. The Morgan fingerprint density at radius 3 is 2.17 bits per heavy atom. The number of aliphatic hydroxyl groups is 1. The second kappa shape index (κ2) is 6.72. The van der Waals surface area contributed by atoms with Crippen LogP contribution in [-0.2, 0) is 10.0 Å². The third-order valence-electron chi connectivity index (χ3n) is 2.72. The number of hydrogen-bond acceptors (Lipinski definition) is 3. The first-order chi connectivity index (χ1) is 8.04. The average molecular weight is 291 g/mol. The molecule has 0 spiro atoms. The van der Waals surface area contributed by atoms with Gasteiger partial charge < -0.3 is 5.11 Å². The van der Waals surface area contributed by atoms with Gasteiger partial charge in [-0.3, -0.25) is 0 Å². The fraction of sp³-hybridized carbons (Fsp3) is 1.00. The van der Waals surface area contributed by atoms with Crippen molar-refractivity contribution in [3.05, 3.63) is 0 Å². The van der Waals surface area contributed by atoms with Gasteiger partial charge in [0.1, 0.15) is 0 Å². The lowest BCUT2D eigenvalue weighted by atomic mass is 9.97. The van der Waals surface area contributed by atoms with Crippen molar-refractivity contribution in [1.29, 1.82) is 0 Å². The number of sulfonamides is 1. The molecule has 0 heterocycles. The zero-order valence-corrected chi connectivity index (χ0v) is 11.4. The smallest absolute Gasteiger partial charge is 0.389 e. The zero-order chi connectivity index (χ0) is 14.4. The fourth-order valence-corrected chi connectivity index (χ4v) is 3.06. The Kier molecular flexibility index (Phi) is 6.59. The molecule has 1 unspecified atom stereocenters. The topological polar surface area (TPSA) is 66.4 Å². The molecule has 0 saturated carbocycles. The van der Waals surface area contributed by atoms with Gasteiger partial charge in [0.25, 0.3) is 0 Å². The highest BCUT2D eigenvalue weighted by atomic mass is 32.2. The van der Waals surface area contributed by atoms with Crippen LogP contribution in [0, 0.1) is 0 Å². The van der Waals surface area contributed by atoms with Crippen LogP contribution < -0.4 is 4.72 Å². The van der Waals surface area contributed by atoms with Gasteiger partial charge in [-0.15, -0.1) is 0 Å². The predicted molar refractivity (Wildman–Crippen MR) is 62.6 cm³/mol. The molecule has 1 atom stereocenters. The first kappa shape index (κ1) is 17.7. The molecule has 0 saturated heterocycles. The lowest BCUT2D eigenvalue weighted by Crippen LogP contribution is -2.47. The first-order valence-electron chi connectivity index (χ1n) is 5.73. The molecule has 0 aromatic carbocycles. The van der Waals surface area contributed by atoms with Gasteiger partial charge in [-0.1, -0.05) is 6.92 Å². The van der Waals surface area contributed by atoms with Crippen molar-refractivity contribution in [3.63, 3.8) is 0 Å². The maximum atomic E-state index is 11.9. The second-order valence-electron chi connectivity index (χ2n) is 4.53. The minimum atomic E-state index is -4.34. The van der Waals surface area contributed by atoms with E-state index in [1.165, 1.54) is 0 Å². The molecular weight excluding hydrogens is 271 g/mol. The summed E-state index contributed by atoms with van der Waals surface area (Å²) in [6.45, 7) is 3.17. The SMILES string of the molecule is CCC(C)(CCO)NS(=O)(=O)CCCC(F)(F)F. The molecule has 0 fully saturated rings. The van der Waals surface area contributed by atoms with E-state index in [2.05, 4.69) is 4.72 Å². The van der Waals surface area contributed by atoms with E-state index >= 15 is 0 Å². The van der Waals surface area contributed by atoms with Crippen molar-refractivity contribution >= 4 is 10.0 Å². The average Bonchev–Trinajstić information content (AvgIpc) is 2.14. The quantitative estimate of drug-likeness (QED) is 0.716. The summed E-state index contributed by atoms with van der Waals surface area (Å²) in [6, 6.07) is 0. The molecule has 0 aliphatic heterocycles. The van der Waals surface area contributed by atoms with Crippen LogP contribution in [0.1, 0.15) is 39.5 Å². The Bertz CT molecular complexity index is 343. The standard InChI is InChI=1S/C10H20F3NO3S/c1-3-9(2,6-7-15)14-18(16,17)8-4-5-10(11,12)13/h14-15H,3-8H2,1-2H3. The first-order valence-corrected chi connectivity index (χ1v) is 7.38. The number of alkyl halides is 3. The van der Waals surface area contributed by atoms with Crippen LogP contribution >= 0.6 is 0 Å². The summed E-state index contributed by atoms with van der Waals surface area (Å²) in [7, 11) is -3.76. The zero-order valence-electron chi connectivity index (χ0n) is 10.5. The molecule has 2 N–H and O–H groups in total. The molecule has 0 radical (unpaired) electrons. The summed E-state index contributed by atoms with van der Waals surface area (Å²) in [4.78, 5) is 0. The minimum absolute atomic E-state index is 0.185. The van der Waals surface area contributed by atoms with Crippen molar-refractivity contribution in [1.82, 2.24) is 4.72 Å². The van der Waals surface area contributed by atoms with Gasteiger partial charge in [0.2, 0.25) is 10.0 Å². The van der Waals surface area contributed by atoms with Crippen LogP contribution in [0.5, 0.6) is 0 Å². The molecule has 0 aromatic heterocycles. The van der Waals surface area contributed by atoms with E-state index in [4.69, 9.17) is 5.11 Å². The summed E-state index contributed by atoms with van der Waals surface area (Å²) in [5.74, 6) is -0.562. The van der Waals surface area contributed by atoms with E-state index in [0.29, 0.717) is 6.42 Å². The molecule has 8 heteroatoms. The van der Waals surface area contributed by atoms with Gasteiger partial charge in [0.15, 0.2) is 0 Å². The molecule has 18 heavy (non-hydrogen) atoms. The molecule has 4 nitrogen and oxygen atoms in total.